The molecule has 0 saturated carbocycles. The Morgan fingerprint density at radius 3 is 2.47 bits per heavy atom. The first-order chi connectivity index (χ1) is 9.22. The van der Waals surface area contributed by atoms with Gasteiger partial charge in [-0.1, -0.05) is 47.1 Å². The van der Waals surface area contributed by atoms with Crippen molar-refractivity contribution in [1.29, 1.82) is 0 Å². The Bertz CT molecular complexity index is 523. The van der Waals surface area contributed by atoms with E-state index in [1.807, 2.05) is 36.4 Å². The minimum Gasteiger partial charge on any atom is -0.486 e. The quantitative estimate of drug-likeness (QED) is 0.880. The van der Waals surface area contributed by atoms with Crippen LogP contribution in [-0.2, 0) is 6.61 Å². The van der Waals surface area contributed by atoms with Crippen molar-refractivity contribution in [2.24, 2.45) is 0 Å². The third-order valence-corrected chi connectivity index (χ3v) is 3.47. The second-order valence-corrected chi connectivity index (χ2v) is 5.29. The fourth-order valence-corrected chi connectivity index (χ4v) is 2.35. The van der Waals surface area contributed by atoms with Crippen LogP contribution in [0.1, 0.15) is 30.6 Å². The van der Waals surface area contributed by atoms with Gasteiger partial charge in [0.15, 0.2) is 0 Å². The molecule has 2 aromatic carbocycles. The van der Waals surface area contributed by atoms with E-state index in [-0.39, 0.29) is 12.7 Å². The molecule has 0 radical (unpaired) electrons. The summed E-state index contributed by atoms with van der Waals surface area (Å²) in [5, 5.41) is 9.02. The molecule has 2 aromatic rings. The van der Waals surface area contributed by atoms with Crippen LogP contribution in [0.2, 0.25) is 0 Å². The summed E-state index contributed by atoms with van der Waals surface area (Å²) in [5.41, 5.74) is 2.05. The Kier molecular flexibility index (Phi) is 5.00. The fraction of sp³-hybridized carbons (Fsp3) is 0.250. The molecule has 2 nitrogen and oxygen atoms in total. The van der Waals surface area contributed by atoms with E-state index in [9.17, 15) is 0 Å². The van der Waals surface area contributed by atoms with Gasteiger partial charge in [-0.25, -0.2) is 0 Å². The maximum absolute atomic E-state index is 9.02. The van der Waals surface area contributed by atoms with E-state index in [0.29, 0.717) is 0 Å². The van der Waals surface area contributed by atoms with E-state index in [2.05, 4.69) is 35.0 Å². The lowest BCUT2D eigenvalue weighted by molar-refractivity contribution is 0.201. The highest BCUT2D eigenvalue weighted by atomic mass is 79.9. The predicted octanol–water partition coefficient (Wildman–Crippen LogP) is 4.47. The van der Waals surface area contributed by atoms with E-state index in [0.717, 1.165) is 27.8 Å². The molecule has 0 amide bonds. The maximum atomic E-state index is 9.02. The summed E-state index contributed by atoms with van der Waals surface area (Å²) in [6.07, 6.45) is 0.940. The highest BCUT2D eigenvalue weighted by molar-refractivity contribution is 9.10. The molecule has 2 rings (SSSR count). The molecular weight excluding hydrogens is 304 g/mol. The molecule has 1 unspecified atom stereocenters. The van der Waals surface area contributed by atoms with Gasteiger partial charge in [0.1, 0.15) is 11.9 Å². The van der Waals surface area contributed by atoms with Crippen molar-refractivity contribution in [3.8, 4) is 5.75 Å². The van der Waals surface area contributed by atoms with Crippen LogP contribution in [0.25, 0.3) is 0 Å². The van der Waals surface area contributed by atoms with Gasteiger partial charge < -0.3 is 9.84 Å². The summed E-state index contributed by atoms with van der Waals surface area (Å²) in [6.45, 7) is 2.16. The lowest BCUT2D eigenvalue weighted by atomic mass is 10.1. The zero-order valence-electron chi connectivity index (χ0n) is 10.8. The minimum absolute atomic E-state index is 0.0393. The van der Waals surface area contributed by atoms with E-state index < -0.39 is 0 Å². The van der Waals surface area contributed by atoms with Crippen molar-refractivity contribution in [1.82, 2.24) is 0 Å². The molecule has 3 heteroatoms. The summed E-state index contributed by atoms with van der Waals surface area (Å²) >= 11 is 3.48. The zero-order chi connectivity index (χ0) is 13.7. The Labute approximate surface area is 122 Å². The molecule has 1 N–H and O–H groups in total. The fourth-order valence-electron chi connectivity index (χ4n) is 1.93. The second kappa shape index (κ2) is 6.73. The number of benzene rings is 2. The van der Waals surface area contributed by atoms with Gasteiger partial charge in [0.25, 0.3) is 0 Å². The number of hydrogen-bond acceptors (Lipinski definition) is 2. The molecule has 100 valence electrons. The third-order valence-electron chi connectivity index (χ3n) is 2.98. The monoisotopic (exact) mass is 320 g/mol. The van der Waals surface area contributed by atoms with Gasteiger partial charge in [0, 0.05) is 4.47 Å². The maximum Gasteiger partial charge on any atom is 0.123 e. The highest BCUT2D eigenvalue weighted by Crippen LogP contribution is 2.26. The van der Waals surface area contributed by atoms with Gasteiger partial charge in [-0.3, -0.25) is 0 Å². The van der Waals surface area contributed by atoms with Crippen molar-refractivity contribution < 1.29 is 9.84 Å². The predicted molar refractivity (Wildman–Crippen MR) is 80.2 cm³/mol. The standard InChI is InChI=1S/C16H17BrO2/c1-2-16(13-4-3-5-14(17)10-13)19-15-8-6-12(11-18)7-9-15/h3-10,16,18H,2,11H2,1H3. The molecule has 0 fully saturated rings. The van der Waals surface area contributed by atoms with Crippen molar-refractivity contribution in [3.05, 3.63) is 64.1 Å². The molecule has 0 spiro atoms. The largest absolute Gasteiger partial charge is 0.486 e. The highest BCUT2D eigenvalue weighted by Gasteiger charge is 2.11. The lowest BCUT2D eigenvalue weighted by Crippen LogP contribution is -2.06. The minimum atomic E-state index is 0.0393. The van der Waals surface area contributed by atoms with Crippen LogP contribution >= 0.6 is 15.9 Å². The number of ether oxygens (including phenoxy) is 1. The van der Waals surface area contributed by atoms with Crippen LogP contribution in [0.5, 0.6) is 5.75 Å². The van der Waals surface area contributed by atoms with Gasteiger partial charge in [-0.15, -0.1) is 0 Å². The Hall–Kier alpha value is -1.32. The number of hydrogen-bond donors (Lipinski definition) is 1. The summed E-state index contributed by atoms with van der Waals surface area (Å²) in [5.74, 6) is 0.823. The number of halogens is 1. The molecular formula is C16H17BrO2. The van der Waals surface area contributed by atoms with Crippen LogP contribution in [-0.4, -0.2) is 5.11 Å². The number of aliphatic hydroxyl groups excluding tert-OH is 1. The molecule has 0 aliphatic carbocycles. The van der Waals surface area contributed by atoms with Crippen LogP contribution in [0, 0.1) is 0 Å². The van der Waals surface area contributed by atoms with Gasteiger partial charge in [-0.05, 0) is 41.8 Å². The van der Waals surface area contributed by atoms with Gasteiger partial charge >= 0.3 is 0 Å². The first kappa shape index (κ1) is 14.1. The van der Waals surface area contributed by atoms with Crippen molar-refractivity contribution in [3.63, 3.8) is 0 Å². The second-order valence-electron chi connectivity index (χ2n) is 4.37. The van der Waals surface area contributed by atoms with E-state index >= 15 is 0 Å². The first-order valence-corrected chi connectivity index (χ1v) is 7.14. The Morgan fingerprint density at radius 2 is 1.89 bits per heavy atom. The number of rotatable bonds is 5. The normalized spacial score (nSPS) is 12.2. The molecule has 1 atom stereocenters. The van der Waals surface area contributed by atoms with Gasteiger partial charge in [0.2, 0.25) is 0 Å². The molecule has 0 aromatic heterocycles. The summed E-state index contributed by atoms with van der Waals surface area (Å²) in [4.78, 5) is 0. The molecule has 0 bridgehead atoms. The average molecular weight is 321 g/mol. The van der Waals surface area contributed by atoms with Crippen LogP contribution in [0.15, 0.2) is 53.0 Å². The van der Waals surface area contributed by atoms with Crippen molar-refractivity contribution in [2.75, 3.05) is 0 Å². The third kappa shape index (κ3) is 3.82. The zero-order valence-corrected chi connectivity index (χ0v) is 12.4. The van der Waals surface area contributed by atoms with Gasteiger partial charge in [0.05, 0.1) is 6.61 Å². The van der Waals surface area contributed by atoms with E-state index in [1.54, 1.807) is 0 Å². The van der Waals surface area contributed by atoms with Gasteiger partial charge in [-0.2, -0.15) is 0 Å². The molecule has 0 saturated heterocycles. The summed E-state index contributed by atoms with van der Waals surface area (Å²) < 4.78 is 7.06. The van der Waals surface area contributed by atoms with Crippen molar-refractivity contribution in [2.45, 2.75) is 26.1 Å². The van der Waals surface area contributed by atoms with Crippen LogP contribution in [0.4, 0.5) is 0 Å². The SMILES string of the molecule is CCC(Oc1ccc(CO)cc1)c1cccc(Br)c1. The smallest absolute Gasteiger partial charge is 0.123 e. The van der Waals surface area contributed by atoms with Crippen LogP contribution in [0.3, 0.4) is 0 Å². The van der Waals surface area contributed by atoms with Crippen LogP contribution < -0.4 is 4.74 Å². The molecule has 19 heavy (non-hydrogen) atoms. The first-order valence-electron chi connectivity index (χ1n) is 6.35. The Balaban J connectivity index is 2.14. The van der Waals surface area contributed by atoms with Crippen molar-refractivity contribution >= 4 is 15.9 Å². The Morgan fingerprint density at radius 1 is 1.16 bits per heavy atom. The number of aliphatic hydroxyl groups is 1. The summed E-state index contributed by atoms with van der Waals surface area (Å²) in [7, 11) is 0. The van der Waals surface area contributed by atoms with E-state index in [1.165, 1.54) is 0 Å². The topological polar surface area (TPSA) is 29.5 Å². The molecule has 0 aliphatic heterocycles. The molecule has 0 aliphatic rings. The average Bonchev–Trinajstić information content (AvgIpc) is 2.45. The summed E-state index contributed by atoms with van der Waals surface area (Å²) in [6, 6.07) is 15.7. The lowest BCUT2D eigenvalue weighted by Gasteiger charge is -2.18. The van der Waals surface area contributed by atoms with E-state index in [4.69, 9.17) is 9.84 Å². The molecule has 0 heterocycles.